The summed E-state index contributed by atoms with van der Waals surface area (Å²) in [6.07, 6.45) is 2.78. The zero-order valence-electron chi connectivity index (χ0n) is 11.6. The summed E-state index contributed by atoms with van der Waals surface area (Å²) < 4.78 is 5.21. The Morgan fingerprint density at radius 3 is 3.05 bits per heavy atom. The fraction of sp³-hybridized carbons (Fsp3) is 0.154. The van der Waals surface area contributed by atoms with Crippen molar-refractivity contribution in [3.8, 4) is 11.6 Å². The molecule has 0 unspecified atom stereocenters. The van der Waals surface area contributed by atoms with Gasteiger partial charge >= 0.3 is 0 Å². The summed E-state index contributed by atoms with van der Waals surface area (Å²) in [6.45, 7) is 2.02. The lowest BCUT2D eigenvalue weighted by atomic mass is 10.2. The van der Waals surface area contributed by atoms with E-state index in [-0.39, 0.29) is 5.69 Å². The van der Waals surface area contributed by atoms with Crippen LogP contribution in [-0.2, 0) is 6.54 Å². The van der Waals surface area contributed by atoms with E-state index in [0.29, 0.717) is 35.3 Å². The molecule has 0 saturated carbocycles. The fourth-order valence-electron chi connectivity index (χ4n) is 1.90. The highest BCUT2D eigenvalue weighted by Gasteiger charge is 2.12. The summed E-state index contributed by atoms with van der Waals surface area (Å²) >= 11 is 0. The van der Waals surface area contributed by atoms with E-state index >= 15 is 0 Å². The number of aromatic amines is 1. The molecule has 0 atom stereocenters. The first-order valence-corrected chi connectivity index (χ1v) is 6.43. The van der Waals surface area contributed by atoms with Crippen LogP contribution in [0.2, 0.25) is 0 Å². The van der Waals surface area contributed by atoms with Gasteiger partial charge in [-0.2, -0.15) is 0 Å². The molecule has 0 saturated heterocycles. The molecule has 2 N–H and O–H groups in total. The summed E-state index contributed by atoms with van der Waals surface area (Å²) in [6, 6.07) is 5.14. The van der Waals surface area contributed by atoms with Crippen molar-refractivity contribution in [3.63, 3.8) is 0 Å². The van der Waals surface area contributed by atoms with Gasteiger partial charge in [-0.3, -0.25) is 15.2 Å². The molecule has 0 spiro atoms. The highest BCUT2D eigenvalue weighted by molar-refractivity contribution is 5.47. The molecule has 3 aromatic heterocycles. The van der Waals surface area contributed by atoms with Crippen molar-refractivity contribution in [2.75, 3.05) is 5.32 Å². The van der Waals surface area contributed by atoms with Crippen LogP contribution in [-0.4, -0.2) is 25.1 Å². The quantitative estimate of drug-likeness (QED) is 0.547. The molecule has 112 valence electrons. The van der Waals surface area contributed by atoms with Gasteiger partial charge in [0.2, 0.25) is 5.82 Å². The number of nitro groups is 1. The van der Waals surface area contributed by atoms with Gasteiger partial charge in [0.25, 0.3) is 5.69 Å². The van der Waals surface area contributed by atoms with Crippen LogP contribution in [0.25, 0.3) is 11.6 Å². The standard InChI is InChI=1S/C13H12N6O3/c1-8-5-11(14-6-9(8)19(20)21)15-7-12-16-13(18-17-12)10-3-2-4-22-10/h2-6H,7H2,1H3,(H,14,15)(H,16,17,18). The van der Waals surface area contributed by atoms with E-state index in [9.17, 15) is 10.1 Å². The maximum absolute atomic E-state index is 10.7. The SMILES string of the molecule is Cc1cc(NCc2nc(-c3ccco3)n[nH]2)ncc1[N+](=O)[O-]. The largest absolute Gasteiger partial charge is 0.461 e. The minimum absolute atomic E-state index is 0.00896. The lowest BCUT2D eigenvalue weighted by molar-refractivity contribution is -0.385. The topological polar surface area (TPSA) is 123 Å². The third-order valence-corrected chi connectivity index (χ3v) is 2.99. The molecule has 0 aliphatic rings. The van der Waals surface area contributed by atoms with Crippen LogP contribution in [0.5, 0.6) is 0 Å². The fourth-order valence-corrected chi connectivity index (χ4v) is 1.90. The van der Waals surface area contributed by atoms with Gasteiger partial charge in [0.15, 0.2) is 5.76 Å². The van der Waals surface area contributed by atoms with E-state index in [0.717, 1.165) is 0 Å². The molecule has 22 heavy (non-hydrogen) atoms. The molecule has 9 nitrogen and oxygen atoms in total. The molecule has 0 fully saturated rings. The van der Waals surface area contributed by atoms with E-state index < -0.39 is 4.92 Å². The van der Waals surface area contributed by atoms with E-state index in [2.05, 4.69) is 25.5 Å². The Bertz CT molecular complexity index is 796. The zero-order chi connectivity index (χ0) is 15.5. The molecule has 0 radical (unpaired) electrons. The Labute approximate surface area is 124 Å². The molecule has 9 heteroatoms. The molecule has 0 amide bonds. The predicted octanol–water partition coefficient (Wildman–Crippen LogP) is 2.29. The van der Waals surface area contributed by atoms with Gasteiger partial charge in [-0.05, 0) is 25.1 Å². The van der Waals surface area contributed by atoms with Gasteiger partial charge in [0.1, 0.15) is 17.8 Å². The number of anilines is 1. The second-order valence-corrected chi connectivity index (χ2v) is 4.55. The number of pyridine rings is 1. The van der Waals surface area contributed by atoms with Crippen molar-refractivity contribution in [1.82, 2.24) is 20.2 Å². The summed E-state index contributed by atoms with van der Waals surface area (Å²) in [4.78, 5) is 18.6. The van der Waals surface area contributed by atoms with Crippen LogP contribution in [0, 0.1) is 17.0 Å². The van der Waals surface area contributed by atoms with Gasteiger partial charge in [0, 0.05) is 5.56 Å². The minimum Gasteiger partial charge on any atom is -0.461 e. The molecular formula is C13H12N6O3. The van der Waals surface area contributed by atoms with Crippen molar-refractivity contribution >= 4 is 11.5 Å². The Kier molecular flexibility index (Phi) is 3.52. The first-order chi connectivity index (χ1) is 10.6. The maximum atomic E-state index is 10.7. The minimum atomic E-state index is -0.460. The van der Waals surface area contributed by atoms with Crippen molar-refractivity contribution in [3.05, 3.63) is 52.2 Å². The molecule has 3 rings (SSSR count). The van der Waals surface area contributed by atoms with Gasteiger partial charge in [-0.25, -0.2) is 9.97 Å². The van der Waals surface area contributed by atoms with Gasteiger partial charge in [-0.1, -0.05) is 0 Å². The number of aryl methyl sites for hydroxylation is 1. The average molecular weight is 300 g/mol. The lowest BCUT2D eigenvalue weighted by Crippen LogP contribution is -2.04. The second kappa shape index (κ2) is 5.64. The molecular weight excluding hydrogens is 288 g/mol. The zero-order valence-corrected chi connectivity index (χ0v) is 11.6. The number of rotatable bonds is 5. The maximum Gasteiger partial charge on any atom is 0.290 e. The van der Waals surface area contributed by atoms with Crippen LogP contribution < -0.4 is 5.32 Å². The van der Waals surface area contributed by atoms with Crippen LogP contribution in [0.3, 0.4) is 0 Å². The molecule has 0 aliphatic carbocycles. The predicted molar refractivity (Wildman–Crippen MR) is 77.0 cm³/mol. The Morgan fingerprint density at radius 2 is 2.36 bits per heavy atom. The smallest absolute Gasteiger partial charge is 0.290 e. The molecule has 0 aromatic carbocycles. The van der Waals surface area contributed by atoms with Crippen molar-refractivity contribution < 1.29 is 9.34 Å². The van der Waals surface area contributed by atoms with E-state index in [1.54, 1.807) is 31.4 Å². The van der Waals surface area contributed by atoms with Crippen molar-refractivity contribution in [2.45, 2.75) is 13.5 Å². The normalized spacial score (nSPS) is 10.6. The van der Waals surface area contributed by atoms with Crippen molar-refractivity contribution in [1.29, 1.82) is 0 Å². The van der Waals surface area contributed by atoms with Gasteiger partial charge in [0.05, 0.1) is 17.7 Å². The molecule has 3 aromatic rings. The highest BCUT2D eigenvalue weighted by Crippen LogP contribution is 2.19. The van der Waals surface area contributed by atoms with Gasteiger partial charge in [-0.15, -0.1) is 5.10 Å². The lowest BCUT2D eigenvalue weighted by Gasteiger charge is -2.04. The van der Waals surface area contributed by atoms with E-state index in [1.807, 2.05) is 0 Å². The summed E-state index contributed by atoms with van der Waals surface area (Å²) in [5.41, 5.74) is 0.529. The first kappa shape index (κ1) is 13.7. The summed E-state index contributed by atoms with van der Waals surface area (Å²) in [7, 11) is 0. The number of nitrogens with zero attached hydrogens (tertiary/aromatic N) is 4. The van der Waals surface area contributed by atoms with E-state index in [4.69, 9.17) is 4.42 Å². The monoisotopic (exact) mass is 300 g/mol. The number of hydrogen-bond acceptors (Lipinski definition) is 7. The van der Waals surface area contributed by atoms with Crippen LogP contribution in [0.1, 0.15) is 11.4 Å². The van der Waals surface area contributed by atoms with E-state index in [1.165, 1.54) is 6.20 Å². The Morgan fingerprint density at radius 1 is 1.50 bits per heavy atom. The molecule has 3 heterocycles. The second-order valence-electron chi connectivity index (χ2n) is 4.55. The first-order valence-electron chi connectivity index (χ1n) is 6.43. The third-order valence-electron chi connectivity index (χ3n) is 2.99. The highest BCUT2D eigenvalue weighted by atomic mass is 16.6. The van der Waals surface area contributed by atoms with Crippen molar-refractivity contribution in [2.24, 2.45) is 0 Å². The number of nitrogens with one attached hydrogen (secondary N) is 2. The molecule has 0 aliphatic heterocycles. The van der Waals surface area contributed by atoms with Crippen LogP contribution in [0.15, 0.2) is 35.1 Å². The van der Waals surface area contributed by atoms with Crippen LogP contribution >= 0.6 is 0 Å². The Hall–Kier alpha value is -3.23. The van der Waals surface area contributed by atoms with Crippen LogP contribution in [0.4, 0.5) is 11.5 Å². The third kappa shape index (κ3) is 2.77. The molecule has 0 bridgehead atoms. The number of aromatic nitrogens is 4. The summed E-state index contributed by atoms with van der Waals surface area (Å²) in [5, 5.41) is 20.6. The Balaban J connectivity index is 1.68. The summed E-state index contributed by atoms with van der Waals surface area (Å²) in [5.74, 6) is 2.17. The average Bonchev–Trinajstić information content (AvgIpc) is 3.16. The number of hydrogen-bond donors (Lipinski definition) is 2. The number of H-pyrrole nitrogens is 1. The number of furan rings is 1. The van der Waals surface area contributed by atoms with Gasteiger partial charge < -0.3 is 9.73 Å².